The van der Waals surface area contributed by atoms with Gasteiger partial charge in [0.15, 0.2) is 5.69 Å². The number of halogens is 3. The topological polar surface area (TPSA) is 76.0 Å². The van der Waals surface area contributed by atoms with E-state index >= 15 is 0 Å². The molecule has 0 spiro atoms. The lowest BCUT2D eigenvalue weighted by atomic mass is 10.2. The van der Waals surface area contributed by atoms with Crippen LogP contribution in [0.2, 0.25) is 0 Å². The van der Waals surface area contributed by atoms with Gasteiger partial charge in [0.2, 0.25) is 5.91 Å². The minimum Gasteiger partial charge on any atom is -0.355 e. The third-order valence-electron chi connectivity index (χ3n) is 3.54. The van der Waals surface area contributed by atoms with Crippen molar-refractivity contribution in [3.63, 3.8) is 0 Å². The van der Waals surface area contributed by atoms with Gasteiger partial charge in [0.05, 0.1) is 24.0 Å². The zero-order valence-electron chi connectivity index (χ0n) is 14.4. The summed E-state index contributed by atoms with van der Waals surface area (Å²) in [4.78, 5) is 23.7. The Kier molecular flexibility index (Phi) is 6.01. The van der Waals surface area contributed by atoms with Gasteiger partial charge >= 0.3 is 6.18 Å². The summed E-state index contributed by atoms with van der Waals surface area (Å²) in [5.41, 5.74) is -0.762. The summed E-state index contributed by atoms with van der Waals surface area (Å²) in [7, 11) is 0. The van der Waals surface area contributed by atoms with Crippen LogP contribution in [0.5, 0.6) is 0 Å². The van der Waals surface area contributed by atoms with E-state index in [0.29, 0.717) is 17.6 Å². The molecule has 1 heterocycles. The average molecular weight is 368 g/mol. The van der Waals surface area contributed by atoms with E-state index in [2.05, 4.69) is 15.7 Å². The van der Waals surface area contributed by atoms with Gasteiger partial charge in [-0.05, 0) is 25.5 Å². The minimum atomic E-state index is -4.79. The van der Waals surface area contributed by atoms with Crippen molar-refractivity contribution in [1.82, 2.24) is 20.4 Å². The summed E-state index contributed by atoms with van der Waals surface area (Å²) in [6, 6.07) is 6.26. The molecule has 0 unspecified atom stereocenters. The van der Waals surface area contributed by atoms with Gasteiger partial charge in [0.1, 0.15) is 0 Å². The Labute approximate surface area is 148 Å². The van der Waals surface area contributed by atoms with Crippen LogP contribution < -0.4 is 10.6 Å². The number of hydrogen-bond acceptors (Lipinski definition) is 3. The van der Waals surface area contributed by atoms with Crippen LogP contribution in [0.1, 0.15) is 35.0 Å². The Morgan fingerprint density at radius 1 is 1.15 bits per heavy atom. The third kappa shape index (κ3) is 4.62. The molecule has 6 nitrogen and oxygen atoms in total. The summed E-state index contributed by atoms with van der Waals surface area (Å²) in [5.74, 6) is -1.48. The summed E-state index contributed by atoms with van der Waals surface area (Å²) >= 11 is 0. The number of rotatable bonds is 6. The monoisotopic (exact) mass is 368 g/mol. The molecule has 0 saturated heterocycles. The van der Waals surface area contributed by atoms with E-state index in [1.54, 1.807) is 19.1 Å². The molecule has 2 aromatic rings. The second-order valence-corrected chi connectivity index (χ2v) is 5.68. The first-order valence-electron chi connectivity index (χ1n) is 8.01. The van der Waals surface area contributed by atoms with E-state index in [-0.39, 0.29) is 5.69 Å². The number of carbonyl (C=O) groups excluding carboxylic acids is 2. The third-order valence-corrected chi connectivity index (χ3v) is 3.54. The van der Waals surface area contributed by atoms with E-state index in [4.69, 9.17) is 0 Å². The van der Waals surface area contributed by atoms with Gasteiger partial charge in [-0.1, -0.05) is 24.6 Å². The SMILES string of the molecule is CCCNC(=O)CNC(=O)c1cnn(-c2ccc(C)cc2)c1C(F)(F)F. The van der Waals surface area contributed by atoms with Gasteiger partial charge < -0.3 is 10.6 Å². The largest absolute Gasteiger partial charge is 0.434 e. The van der Waals surface area contributed by atoms with Gasteiger partial charge in [-0.15, -0.1) is 0 Å². The van der Waals surface area contributed by atoms with Crippen molar-refractivity contribution in [1.29, 1.82) is 0 Å². The first kappa shape index (κ1) is 19.5. The van der Waals surface area contributed by atoms with Crippen molar-refractivity contribution < 1.29 is 22.8 Å². The molecule has 0 fully saturated rings. The summed E-state index contributed by atoms with van der Waals surface area (Å²) in [6.07, 6.45) is -3.23. The maximum absolute atomic E-state index is 13.5. The molecule has 9 heteroatoms. The maximum atomic E-state index is 13.5. The average Bonchev–Trinajstić information content (AvgIpc) is 3.04. The molecule has 2 N–H and O–H groups in total. The van der Waals surface area contributed by atoms with Gasteiger partial charge in [0.25, 0.3) is 5.91 Å². The predicted molar refractivity (Wildman–Crippen MR) is 88.9 cm³/mol. The van der Waals surface area contributed by atoms with Crippen LogP contribution in [0.4, 0.5) is 13.2 Å². The summed E-state index contributed by atoms with van der Waals surface area (Å²) in [6.45, 7) is 3.67. The van der Waals surface area contributed by atoms with Crippen LogP contribution in [0, 0.1) is 6.92 Å². The molecule has 0 aliphatic rings. The molecule has 2 amide bonds. The number of aromatic nitrogens is 2. The van der Waals surface area contributed by atoms with Crippen molar-refractivity contribution in [3.05, 3.63) is 47.3 Å². The van der Waals surface area contributed by atoms with Crippen LogP contribution in [0.15, 0.2) is 30.5 Å². The number of nitrogens with zero attached hydrogens (tertiary/aromatic N) is 2. The number of nitrogens with one attached hydrogen (secondary N) is 2. The lowest BCUT2D eigenvalue weighted by Crippen LogP contribution is -2.37. The molecule has 26 heavy (non-hydrogen) atoms. The Bertz CT molecular complexity index is 782. The van der Waals surface area contributed by atoms with E-state index in [9.17, 15) is 22.8 Å². The van der Waals surface area contributed by atoms with E-state index in [0.717, 1.165) is 11.8 Å². The maximum Gasteiger partial charge on any atom is 0.434 e. The molecule has 0 radical (unpaired) electrons. The summed E-state index contributed by atoms with van der Waals surface area (Å²) in [5, 5.41) is 8.43. The smallest absolute Gasteiger partial charge is 0.355 e. The Balaban J connectivity index is 2.27. The Morgan fingerprint density at radius 3 is 2.38 bits per heavy atom. The molecule has 0 atom stereocenters. The Hall–Kier alpha value is -2.84. The first-order valence-corrected chi connectivity index (χ1v) is 8.01. The zero-order valence-corrected chi connectivity index (χ0v) is 14.4. The molecule has 0 bridgehead atoms. The highest BCUT2D eigenvalue weighted by Crippen LogP contribution is 2.33. The molecular weight excluding hydrogens is 349 g/mol. The normalized spacial score (nSPS) is 11.3. The lowest BCUT2D eigenvalue weighted by Gasteiger charge is -2.13. The molecule has 140 valence electrons. The van der Waals surface area contributed by atoms with E-state index in [1.807, 2.05) is 6.92 Å². The number of hydrogen-bond donors (Lipinski definition) is 2. The predicted octanol–water partition coefficient (Wildman–Crippen LogP) is 2.46. The number of amides is 2. The van der Waals surface area contributed by atoms with Gasteiger partial charge in [-0.25, -0.2) is 4.68 Å². The first-order chi connectivity index (χ1) is 12.2. The van der Waals surface area contributed by atoms with Crippen molar-refractivity contribution in [2.24, 2.45) is 0 Å². The van der Waals surface area contributed by atoms with E-state index in [1.165, 1.54) is 12.1 Å². The fourth-order valence-electron chi connectivity index (χ4n) is 2.25. The van der Waals surface area contributed by atoms with Gasteiger partial charge in [-0.2, -0.15) is 18.3 Å². The summed E-state index contributed by atoms with van der Waals surface area (Å²) < 4.78 is 41.2. The Morgan fingerprint density at radius 2 is 1.81 bits per heavy atom. The van der Waals surface area contributed by atoms with Crippen molar-refractivity contribution >= 4 is 11.8 Å². The molecule has 0 saturated carbocycles. The number of aryl methyl sites for hydroxylation is 1. The van der Waals surface area contributed by atoms with Gasteiger partial charge in [0, 0.05) is 6.54 Å². The van der Waals surface area contributed by atoms with Gasteiger partial charge in [-0.3, -0.25) is 9.59 Å². The number of carbonyl (C=O) groups is 2. The van der Waals surface area contributed by atoms with Crippen molar-refractivity contribution in [3.8, 4) is 5.69 Å². The second-order valence-electron chi connectivity index (χ2n) is 5.68. The fraction of sp³-hybridized carbons (Fsp3) is 0.353. The molecule has 0 aliphatic heterocycles. The molecular formula is C17H19F3N4O2. The molecule has 1 aromatic carbocycles. The fourth-order valence-corrected chi connectivity index (χ4v) is 2.25. The standard InChI is InChI=1S/C17H19F3N4O2/c1-3-8-21-14(25)10-22-16(26)13-9-23-24(15(13)17(18,19)20)12-6-4-11(2)5-7-12/h4-7,9H,3,8,10H2,1-2H3,(H,21,25)(H,22,26). The number of alkyl halides is 3. The van der Waals surface area contributed by atoms with Crippen LogP contribution in [-0.2, 0) is 11.0 Å². The van der Waals surface area contributed by atoms with E-state index < -0.39 is 35.8 Å². The minimum absolute atomic E-state index is 0.183. The highest BCUT2D eigenvalue weighted by Gasteiger charge is 2.40. The zero-order chi connectivity index (χ0) is 19.3. The van der Waals surface area contributed by atoms with Crippen LogP contribution in [-0.4, -0.2) is 34.7 Å². The quantitative estimate of drug-likeness (QED) is 0.822. The highest BCUT2D eigenvalue weighted by molar-refractivity contribution is 5.97. The second kappa shape index (κ2) is 8.03. The molecule has 2 rings (SSSR count). The highest BCUT2D eigenvalue weighted by atomic mass is 19.4. The van der Waals surface area contributed by atoms with Crippen molar-refractivity contribution in [2.75, 3.05) is 13.1 Å². The van der Waals surface area contributed by atoms with Crippen molar-refractivity contribution in [2.45, 2.75) is 26.4 Å². The number of benzene rings is 1. The van der Waals surface area contributed by atoms with Crippen LogP contribution in [0.3, 0.4) is 0 Å². The van der Waals surface area contributed by atoms with Crippen LogP contribution >= 0.6 is 0 Å². The lowest BCUT2D eigenvalue weighted by molar-refractivity contribution is -0.143. The molecule has 0 aliphatic carbocycles. The molecule has 1 aromatic heterocycles. The van der Waals surface area contributed by atoms with Crippen LogP contribution in [0.25, 0.3) is 5.69 Å².